The van der Waals surface area contributed by atoms with Crippen LogP contribution in [-0.2, 0) is 6.54 Å². The third kappa shape index (κ3) is 2.35. The van der Waals surface area contributed by atoms with Gasteiger partial charge < -0.3 is 5.01 Å². The number of allylic oxidation sites excluding steroid dienone is 1. The van der Waals surface area contributed by atoms with Crippen molar-refractivity contribution in [3.63, 3.8) is 0 Å². The van der Waals surface area contributed by atoms with E-state index in [1.165, 1.54) is 18.0 Å². The van der Waals surface area contributed by atoms with Gasteiger partial charge >= 0.3 is 0 Å². The molecule has 1 atom stereocenters. The highest BCUT2D eigenvalue weighted by atomic mass is 127. The number of hydrazine groups is 1. The second kappa shape index (κ2) is 4.67. The number of pyridine rings is 1. The van der Waals surface area contributed by atoms with Gasteiger partial charge in [0.05, 0.1) is 6.54 Å². The predicted octanol–water partition coefficient (Wildman–Crippen LogP) is 2.55. The molecule has 1 aliphatic rings. The molecule has 1 aromatic rings. The Hall–Kier alpha value is -0.690. The molecule has 3 nitrogen and oxygen atoms in total. The summed E-state index contributed by atoms with van der Waals surface area (Å²) in [6.45, 7) is 2.74. The smallest absolute Gasteiger partial charge is 0.213 e. The average molecular weight is 333 g/mol. The van der Waals surface area contributed by atoms with Gasteiger partial charge in [0, 0.05) is 18.9 Å². The number of hydrogen-bond donors (Lipinski definition) is 0. The van der Waals surface area contributed by atoms with Crippen LogP contribution < -0.4 is 0 Å². The maximum atomic E-state index is 13.0. The van der Waals surface area contributed by atoms with E-state index in [1.54, 1.807) is 0 Å². The summed E-state index contributed by atoms with van der Waals surface area (Å²) in [6, 6.07) is 3.31. The molecule has 1 aromatic heterocycles. The van der Waals surface area contributed by atoms with E-state index in [9.17, 15) is 4.39 Å². The monoisotopic (exact) mass is 333 g/mol. The molecule has 0 amide bonds. The summed E-state index contributed by atoms with van der Waals surface area (Å²) in [5.41, 5.74) is 2.12. The van der Waals surface area contributed by atoms with Gasteiger partial charge in [-0.05, 0) is 30.7 Å². The Labute approximate surface area is 108 Å². The zero-order chi connectivity index (χ0) is 11.7. The van der Waals surface area contributed by atoms with Crippen LogP contribution in [0.25, 0.3) is 0 Å². The van der Waals surface area contributed by atoms with Gasteiger partial charge in [-0.1, -0.05) is 22.6 Å². The molecule has 0 aromatic carbocycles. The van der Waals surface area contributed by atoms with Crippen LogP contribution in [0, 0.1) is 5.95 Å². The van der Waals surface area contributed by atoms with Crippen LogP contribution >= 0.6 is 22.6 Å². The van der Waals surface area contributed by atoms with E-state index in [0.717, 1.165) is 5.56 Å². The van der Waals surface area contributed by atoms with Crippen LogP contribution in [0.5, 0.6) is 0 Å². The van der Waals surface area contributed by atoms with Gasteiger partial charge in [0.25, 0.3) is 0 Å². The second-order valence-electron chi connectivity index (χ2n) is 3.80. The van der Waals surface area contributed by atoms with Crippen molar-refractivity contribution in [1.29, 1.82) is 0 Å². The molecule has 0 bridgehead atoms. The largest absolute Gasteiger partial charge is 0.305 e. The van der Waals surface area contributed by atoms with Crippen LogP contribution in [0.4, 0.5) is 4.39 Å². The zero-order valence-electron chi connectivity index (χ0n) is 9.19. The van der Waals surface area contributed by atoms with Crippen LogP contribution in [-0.4, -0.2) is 26.1 Å². The number of hydrogen-bond acceptors (Lipinski definition) is 3. The topological polar surface area (TPSA) is 19.4 Å². The summed E-state index contributed by atoms with van der Waals surface area (Å²) in [7, 11) is 2.03. The van der Waals surface area contributed by atoms with E-state index < -0.39 is 5.95 Å². The Morgan fingerprint density at radius 2 is 2.31 bits per heavy atom. The predicted molar refractivity (Wildman–Crippen MR) is 69.1 cm³/mol. The molecule has 0 spiro atoms. The molecule has 5 heteroatoms. The van der Waals surface area contributed by atoms with Crippen molar-refractivity contribution >= 4 is 22.6 Å². The Morgan fingerprint density at radius 1 is 1.56 bits per heavy atom. The second-order valence-corrected chi connectivity index (χ2v) is 5.08. The highest BCUT2D eigenvalue weighted by Gasteiger charge is 2.24. The fourth-order valence-corrected chi connectivity index (χ4v) is 2.55. The minimum absolute atomic E-state index is 0.365. The van der Waals surface area contributed by atoms with E-state index >= 15 is 0 Å². The zero-order valence-corrected chi connectivity index (χ0v) is 11.3. The Kier molecular flexibility index (Phi) is 3.44. The number of rotatable bonds is 2. The average Bonchev–Trinajstić information content (AvgIpc) is 2.45. The lowest BCUT2D eigenvalue weighted by atomic mass is 10.2. The van der Waals surface area contributed by atoms with E-state index in [2.05, 4.69) is 50.6 Å². The number of halogens is 2. The summed E-state index contributed by atoms with van der Waals surface area (Å²) in [5.74, 6) is -0.424. The molecular formula is C11H13FIN3. The van der Waals surface area contributed by atoms with Crippen molar-refractivity contribution < 1.29 is 4.39 Å². The van der Waals surface area contributed by atoms with Crippen molar-refractivity contribution in [2.75, 3.05) is 7.05 Å². The summed E-state index contributed by atoms with van der Waals surface area (Å²) in [6.07, 6.45) is 3.68. The lowest BCUT2D eigenvalue weighted by molar-refractivity contribution is 0.0565. The lowest BCUT2D eigenvalue weighted by Crippen LogP contribution is -2.35. The number of nitrogens with zero attached hydrogens (tertiary/aromatic N) is 3. The highest BCUT2D eigenvalue weighted by molar-refractivity contribution is 14.1. The van der Waals surface area contributed by atoms with Gasteiger partial charge in [-0.25, -0.2) is 9.99 Å². The number of aromatic nitrogens is 1. The van der Waals surface area contributed by atoms with Crippen molar-refractivity contribution in [2.24, 2.45) is 0 Å². The van der Waals surface area contributed by atoms with Crippen molar-refractivity contribution in [1.82, 2.24) is 15.0 Å². The third-order valence-corrected chi connectivity index (χ3v) is 3.81. The molecule has 0 radical (unpaired) electrons. The first-order chi connectivity index (χ1) is 7.58. The lowest BCUT2D eigenvalue weighted by Gasteiger charge is -2.30. The first-order valence-electron chi connectivity index (χ1n) is 5.01. The molecule has 0 aliphatic carbocycles. The molecule has 86 valence electrons. The van der Waals surface area contributed by atoms with Crippen LogP contribution in [0.3, 0.4) is 0 Å². The van der Waals surface area contributed by atoms with Gasteiger partial charge in [0.1, 0.15) is 4.05 Å². The van der Waals surface area contributed by atoms with Crippen LogP contribution in [0.1, 0.15) is 12.5 Å². The summed E-state index contributed by atoms with van der Waals surface area (Å²) < 4.78 is 13.3. The summed E-state index contributed by atoms with van der Waals surface area (Å²) >= 11 is 2.36. The van der Waals surface area contributed by atoms with Crippen molar-refractivity contribution in [3.05, 3.63) is 41.6 Å². The Morgan fingerprint density at radius 3 is 2.88 bits per heavy atom. The first-order valence-corrected chi connectivity index (χ1v) is 6.25. The summed E-state index contributed by atoms with van der Waals surface area (Å²) in [5, 5.41) is 4.26. The van der Waals surface area contributed by atoms with Crippen LogP contribution in [0.15, 0.2) is 30.1 Å². The normalized spacial score (nSPS) is 21.4. The van der Waals surface area contributed by atoms with Gasteiger partial charge in [-0.15, -0.1) is 0 Å². The maximum absolute atomic E-state index is 13.0. The SMILES string of the molecule is CC1=CC(I)N(C)N1Cc1ccnc(F)c1. The van der Waals surface area contributed by atoms with E-state index in [-0.39, 0.29) is 0 Å². The fraction of sp³-hybridized carbons (Fsp3) is 0.364. The molecule has 0 N–H and O–H groups in total. The fourth-order valence-electron chi connectivity index (χ4n) is 1.72. The standard InChI is InChI=1S/C11H13FIN3/c1-8-5-11(13)15(2)16(8)7-9-3-4-14-10(12)6-9/h3-6,11H,7H2,1-2H3. The Bertz CT molecular complexity index is 421. The minimum atomic E-state index is -0.424. The maximum Gasteiger partial charge on any atom is 0.213 e. The van der Waals surface area contributed by atoms with Gasteiger partial charge in [-0.2, -0.15) is 4.39 Å². The molecule has 0 saturated carbocycles. The van der Waals surface area contributed by atoms with Gasteiger partial charge in [0.15, 0.2) is 0 Å². The number of alkyl halides is 1. The van der Waals surface area contributed by atoms with E-state index in [1.807, 2.05) is 13.1 Å². The first kappa shape index (κ1) is 11.8. The highest BCUT2D eigenvalue weighted by Crippen LogP contribution is 2.26. The van der Waals surface area contributed by atoms with E-state index in [4.69, 9.17) is 0 Å². The molecule has 16 heavy (non-hydrogen) atoms. The molecule has 0 fully saturated rings. The Balaban J connectivity index is 2.14. The van der Waals surface area contributed by atoms with Crippen molar-refractivity contribution in [2.45, 2.75) is 17.5 Å². The van der Waals surface area contributed by atoms with Crippen molar-refractivity contribution in [3.8, 4) is 0 Å². The number of likely N-dealkylation sites (N-methyl/N-ethyl adjacent to an activating group) is 1. The van der Waals surface area contributed by atoms with Gasteiger partial charge in [-0.3, -0.25) is 0 Å². The quantitative estimate of drug-likeness (QED) is 0.359. The molecule has 0 saturated heterocycles. The molecular weight excluding hydrogens is 320 g/mol. The minimum Gasteiger partial charge on any atom is -0.305 e. The van der Waals surface area contributed by atoms with Gasteiger partial charge in [0.2, 0.25) is 5.95 Å². The van der Waals surface area contributed by atoms with E-state index in [0.29, 0.717) is 10.6 Å². The molecule has 2 rings (SSSR count). The summed E-state index contributed by atoms with van der Waals surface area (Å²) in [4.78, 5) is 3.55. The molecule has 1 aliphatic heterocycles. The molecule has 2 heterocycles. The third-order valence-electron chi connectivity index (χ3n) is 2.65. The molecule has 1 unspecified atom stereocenters. The van der Waals surface area contributed by atoms with Crippen LogP contribution in [0.2, 0.25) is 0 Å².